The summed E-state index contributed by atoms with van der Waals surface area (Å²) in [6, 6.07) is 6.05. The van der Waals surface area contributed by atoms with Crippen LogP contribution in [0.25, 0.3) is 0 Å². The summed E-state index contributed by atoms with van der Waals surface area (Å²) >= 11 is 1.82. The molecule has 0 fully saturated rings. The second-order valence-electron chi connectivity index (χ2n) is 3.85. The zero-order chi connectivity index (χ0) is 12.1. The molecule has 0 atom stereocenters. The Labute approximate surface area is 102 Å². The molecular weight excluding hydrogens is 218 g/mol. The SMILES string of the molecule is CSCCN(C)c1ccc(C)cc1C(=N)N. The van der Waals surface area contributed by atoms with Gasteiger partial charge in [-0.15, -0.1) is 0 Å². The van der Waals surface area contributed by atoms with Gasteiger partial charge in [-0.3, -0.25) is 5.41 Å². The average molecular weight is 237 g/mol. The highest BCUT2D eigenvalue weighted by atomic mass is 32.2. The van der Waals surface area contributed by atoms with Crippen molar-refractivity contribution in [2.45, 2.75) is 6.92 Å². The van der Waals surface area contributed by atoms with Gasteiger partial charge in [0.1, 0.15) is 5.84 Å². The van der Waals surface area contributed by atoms with Gasteiger partial charge in [0.15, 0.2) is 0 Å². The summed E-state index contributed by atoms with van der Waals surface area (Å²) in [5.74, 6) is 1.21. The lowest BCUT2D eigenvalue weighted by Crippen LogP contribution is -2.24. The predicted molar refractivity (Wildman–Crippen MR) is 73.8 cm³/mol. The van der Waals surface area contributed by atoms with Gasteiger partial charge in [0, 0.05) is 30.6 Å². The van der Waals surface area contributed by atoms with Crippen LogP contribution in [-0.2, 0) is 0 Å². The average Bonchev–Trinajstić information content (AvgIpc) is 2.25. The van der Waals surface area contributed by atoms with Crippen LogP contribution in [0.15, 0.2) is 18.2 Å². The van der Waals surface area contributed by atoms with E-state index in [2.05, 4.69) is 17.2 Å². The first-order valence-electron chi connectivity index (χ1n) is 5.21. The van der Waals surface area contributed by atoms with E-state index in [4.69, 9.17) is 11.1 Å². The van der Waals surface area contributed by atoms with Crippen LogP contribution in [0.4, 0.5) is 5.69 Å². The Hall–Kier alpha value is -1.16. The number of benzene rings is 1. The molecule has 0 aliphatic heterocycles. The van der Waals surface area contributed by atoms with E-state index < -0.39 is 0 Å². The molecule has 0 aliphatic carbocycles. The molecule has 1 aromatic carbocycles. The van der Waals surface area contributed by atoms with Gasteiger partial charge in [-0.05, 0) is 25.3 Å². The Balaban J connectivity index is 2.98. The van der Waals surface area contributed by atoms with Crippen molar-refractivity contribution in [3.63, 3.8) is 0 Å². The van der Waals surface area contributed by atoms with Crippen molar-refractivity contribution in [3.8, 4) is 0 Å². The smallest absolute Gasteiger partial charge is 0.124 e. The fourth-order valence-corrected chi connectivity index (χ4v) is 2.00. The predicted octanol–water partition coefficient (Wildman–Crippen LogP) is 2.08. The summed E-state index contributed by atoms with van der Waals surface area (Å²) in [5.41, 5.74) is 8.59. The first-order chi connectivity index (χ1) is 7.56. The molecule has 0 saturated carbocycles. The van der Waals surface area contributed by atoms with E-state index in [1.165, 1.54) is 0 Å². The molecule has 3 nitrogen and oxygen atoms in total. The van der Waals surface area contributed by atoms with Gasteiger partial charge >= 0.3 is 0 Å². The van der Waals surface area contributed by atoms with Gasteiger partial charge in [-0.1, -0.05) is 11.6 Å². The zero-order valence-electron chi connectivity index (χ0n) is 10.1. The summed E-state index contributed by atoms with van der Waals surface area (Å²) in [6.45, 7) is 2.97. The highest BCUT2D eigenvalue weighted by Crippen LogP contribution is 2.20. The van der Waals surface area contributed by atoms with Gasteiger partial charge in [0.05, 0.1) is 0 Å². The van der Waals surface area contributed by atoms with Crippen LogP contribution in [0.3, 0.4) is 0 Å². The Bertz CT molecular complexity index is 377. The first-order valence-corrected chi connectivity index (χ1v) is 6.60. The molecule has 4 heteroatoms. The van der Waals surface area contributed by atoms with Crippen molar-refractivity contribution in [1.82, 2.24) is 0 Å². The topological polar surface area (TPSA) is 53.1 Å². The minimum Gasteiger partial charge on any atom is -0.384 e. The zero-order valence-corrected chi connectivity index (χ0v) is 10.9. The lowest BCUT2D eigenvalue weighted by molar-refractivity contribution is 0.975. The van der Waals surface area contributed by atoms with Crippen molar-refractivity contribution in [2.75, 3.05) is 30.5 Å². The molecule has 3 N–H and O–H groups in total. The van der Waals surface area contributed by atoms with Crippen molar-refractivity contribution >= 4 is 23.3 Å². The van der Waals surface area contributed by atoms with Crippen molar-refractivity contribution in [1.29, 1.82) is 5.41 Å². The fraction of sp³-hybridized carbons (Fsp3) is 0.417. The number of hydrogen-bond acceptors (Lipinski definition) is 3. The fourth-order valence-electron chi connectivity index (χ4n) is 1.55. The normalized spacial score (nSPS) is 10.2. The Morgan fingerprint density at radius 1 is 1.50 bits per heavy atom. The van der Waals surface area contributed by atoms with E-state index in [1.807, 2.05) is 37.9 Å². The molecule has 0 saturated heterocycles. The largest absolute Gasteiger partial charge is 0.384 e. The Kier molecular flexibility index (Phi) is 4.68. The second-order valence-corrected chi connectivity index (χ2v) is 4.83. The standard InChI is InChI=1S/C12H19N3S/c1-9-4-5-11(10(8-9)12(13)14)15(2)6-7-16-3/h4-5,8H,6-7H2,1-3H3,(H3,13,14). The van der Waals surface area contributed by atoms with Gasteiger partial charge < -0.3 is 10.6 Å². The van der Waals surface area contributed by atoms with Crippen LogP contribution < -0.4 is 10.6 Å². The minimum atomic E-state index is 0.134. The number of thioether (sulfide) groups is 1. The third-order valence-corrected chi connectivity index (χ3v) is 3.08. The van der Waals surface area contributed by atoms with Crippen LogP contribution in [0.1, 0.15) is 11.1 Å². The van der Waals surface area contributed by atoms with Crippen molar-refractivity contribution in [2.24, 2.45) is 5.73 Å². The maximum absolute atomic E-state index is 7.59. The van der Waals surface area contributed by atoms with E-state index in [9.17, 15) is 0 Å². The van der Waals surface area contributed by atoms with Gasteiger partial charge in [-0.25, -0.2) is 0 Å². The summed E-state index contributed by atoms with van der Waals surface area (Å²) in [5, 5.41) is 7.59. The molecule has 0 radical (unpaired) electrons. The van der Waals surface area contributed by atoms with E-state index in [-0.39, 0.29) is 5.84 Å². The molecule has 1 rings (SSSR count). The maximum atomic E-state index is 7.59. The maximum Gasteiger partial charge on any atom is 0.124 e. The molecule has 0 bridgehead atoms. The summed E-state index contributed by atoms with van der Waals surface area (Å²) in [7, 11) is 2.04. The van der Waals surface area contributed by atoms with Crippen LogP contribution in [-0.4, -0.2) is 31.4 Å². The Morgan fingerprint density at radius 3 is 2.75 bits per heavy atom. The summed E-state index contributed by atoms with van der Waals surface area (Å²) in [6.07, 6.45) is 2.09. The van der Waals surface area contributed by atoms with Crippen LogP contribution in [0.2, 0.25) is 0 Å². The molecule has 88 valence electrons. The lowest BCUT2D eigenvalue weighted by Gasteiger charge is -2.22. The number of nitrogens with zero attached hydrogens (tertiary/aromatic N) is 1. The quantitative estimate of drug-likeness (QED) is 0.609. The third-order valence-electron chi connectivity index (χ3n) is 2.48. The number of nitrogens with one attached hydrogen (secondary N) is 1. The monoisotopic (exact) mass is 237 g/mol. The molecule has 0 heterocycles. The number of aryl methyl sites for hydroxylation is 1. The summed E-state index contributed by atoms with van der Waals surface area (Å²) in [4.78, 5) is 2.15. The first kappa shape index (κ1) is 12.9. The van der Waals surface area contributed by atoms with E-state index >= 15 is 0 Å². The number of anilines is 1. The van der Waals surface area contributed by atoms with E-state index in [0.717, 1.165) is 29.1 Å². The van der Waals surface area contributed by atoms with E-state index in [0.29, 0.717) is 0 Å². The van der Waals surface area contributed by atoms with Crippen molar-refractivity contribution < 1.29 is 0 Å². The number of nitrogen functional groups attached to an aromatic ring is 1. The van der Waals surface area contributed by atoms with Gasteiger partial charge in [-0.2, -0.15) is 11.8 Å². The summed E-state index contributed by atoms with van der Waals surface area (Å²) < 4.78 is 0. The number of nitrogens with two attached hydrogens (primary N) is 1. The van der Waals surface area contributed by atoms with E-state index in [1.54, 1.807) is 0 Å². The minimum absolute atomic E-state index is 0.134. The Morgan fingerprint density at radius 2 is 2.19 bits per heavy atom. The molecule has 16 heavy (non-hydrogen) atoms. The van der Waals surface area contributed by atoms with Gasteiger partial charge in [0.2, 0.25) is 0 Å². The van der Waals surface area contributed by atoms with Crippen LogP contribution in [0, 0.1) is 12.3 Å². The third kappa shape index (κ3) is 3.17. The molecule has 0 amide bonds. The molecule has 0 aliphatic rings. The molecule has 1 aromatic rings. The number of hydrogen-bond donors (Lipinski definition) is 2. The molecule has 0 spiro atoms. The highest BCUT2D eigenvalue weighted by molar-refractivity contribution is 7.98. The molecular formula is C12H19N3S. The second kappa shape index (κ2) is 5.80. The molecule has 0 unspecified atom stereocenters. The van der Waals surface area contributed by atoms with Gasteiger partial charge in [0.25, 0.3) is 0 Å². The number of rotatable bonds is 5. The van der Waals surface area contributed by atoms with Crippen LogP contribution in [0.5, 0.6) is 0 Å². The lowest BCUT2D eigenvalue weighted by atomic mass is 10.1. The number of amidine groups is 1. The highest BCUT2D eigenvalue weighted by Gasteiger charge is 2.09. The van der Waals surface area contributed by atoms with Crippen molar-refractivity contribution in [3.05, 3.63) is 29.3 Å². The molecule has 0 aromatic heterocycles. The van der Waals surface area contributed by atoms with Crippen LogP contribution >= 0.6 is 11.8 Å².